The molecule has 2 rings (SSSR count). The fourth-order valence-corrected chi connectivity index (χ4v) is 2.13. The second-order valence-electron chi connectivity index (χ2n) is 5.44. The first-order chi connectivity index (χ1) is 12.9. The van der Waals surface area contributed by atoms with E-state index in [4.69, 9.17) is 5.26 Å². The SMILES string of the molecule is N#C/C(C(=O)Nc1ccc(C(F)(F)F)cc1)=C(/O)c1cccc(C(F)(F)F)c1. The van der Waals surface area contributed by atoms with E-state index >= 15 is 0 Å². The molecule has 0 aliphatic heterocycles. The molecule has 0 saturated carbocycles. The molecule has 0 spiro atoms. The lowest BCUT2D eigenvalue weighted by Crippen LogP contribution is -2.15. The van der Waals surface area contributed by atoms with E-state index in [2.05, 4.69) is 5.32 Å². The van der Waals surface area contributed by atoms with Crippen molar-refractivity contribution in [3.63, 3.8) is 0 Å². The molecule has 0 fully saturated rings. The molecule has 0 bridgehead atoms. The Kier molecular flexibility index (Phi) is 5.68. The second kappa shape index (κ2) is 7.64. The summed E-state index contributed by atoms with van der Waals surface area (Å²) >= 11 is 0. The van der Waals surface area contributed by atoms with Crippen LogP contribution in [0, 0.1) is 11.3 Å². The van der Waals surface area contributed by atoms with Gasteiger partial charge in [0.1, 0.15) is 11.8 Å². The highest BCUT2D eigenvalue weighted by Gasteiger charge is 2.31. The van der Waals surface area contributed by atoms with Gasteiger partial charge in [0.2, 0.25) is 0 Å². The molecule has 0 heterocycles. The normalized spacial score (nSPS) is 12.8. The van der Waals surface area contributed by atoms with Gasteiger partial charge in [0.25, 0.3) is 5.91 Å². The molecule has 2 aromatic rings. The zero-order valence-corrected chi connectivity index (χ0v) is 13.7. The largest absolute Gasteiger partial charge is 0.506 e. The summed E-state index contributed by atoms with van der Waals surface area (Å²) in [5, 5.41) is 21.2. The summed E-state index contributed by atoms with van der Waals surface area (Å²) in [6, 6.07) is 7.95. The minimum absolute atomic E-state index is 0.109. The van der Waals surface area contributed by atoms with Crippen molar-refractivity contribution in [2.24, 2.45) is 0 Å². The Morgan fingerprint density at radius 3 is 2.00 bits per heavy atom. The second-order valence-corrected chi connectivity index (χ2v) is 5.44. The van der Waals surface area contributed by atoms with Gasteiger partial charge < -0.3 is 10.4 Å². The molecule has 0 aliphatic carbocycles. The van der Waals surface area contributed by atoms with Crippen LogP contribution in [-0.2, 0) is 17.1 Å². The predicted octanol–water partition coefficient (Wildman–Crippen LogP) is 5.16. The highest BCUT2D eigenvalue weighted by atomic mass is 19.4. The number of aliphatic hydroxyl groups excluding tert-OH is 1. The van der Waals surface area contributed by atoms with E-state index in [1.807, 2.05) is 0 Å². The maximum Gasteiger partial charge on any atom is 0.416 e. The highest BCUT2D eigenvalue weighted by Crippen LogP contribution is 2.32. The first-order valence-corrected chi connectivity index (χ1v) is 7.43. The third-order valence-electron chi connectivity index (χ3n) is 3.51. The number of hydrogen-bond donors (Lipinski definition) is 2. The number of carbonyl (C=O) groups is 1. The van der Waals surface area contributed by atoms with Gasteiger partial charge in [-0.05, 0) is 36.4 Å². The van der Waals surface area contributed by atoms with Gasteiger partial charge in [-0.1, -0.05) is 12.1 Å². The first kappa shape index (κ1) is 20.8. The number of aliphatic hydroxyl groups is 1. The summed E-state index contributed by atoms with van der Waals surface area (Å²) in [5.74, 6) is -2.20. The summed E-state index contributed by atoms with van der Waals surface area (Å²) in [6.45, 7) is 0. The minimum atomic E-state index is -4.70. The zero-order chi connectivity index (χ0) is 21.1. The van der Waals surface area contributed by atoms with Crippen LogP contribution in [0.25, 0.3) is 5.76 Å². The van der Waals surface area contributed by atoms with Crippen molar-refractivity contribution in [3.8, 4) is 6.07 Å². The van der Waals surface area contributed by atoms with Gasteiger partial charge >= 0.3 is 12.4 Å². The van der Waals surface area contributed by atoms with Crippen molar-refractivity contribution in [2.45, 2.75) is 12.4 Å². The average molecular weight is 400 g/mol. The molecule has 146 valence electrons. The van der Waals surface area contributed by atoms with Gasteiger partial charge in [-0.3, -0.25) is 4.79 Å². The fourth-order valence-electron chi connectivity index (χ4n) is 2.13. The van der Waals surface area contributed by atoms with Crippen LogP contribution in [0.3, 0.4) is 0 Å². The number of anilines is 1. The number of nitrogens with zero attached hydrogens (tertiary/aromatic N) is 1. The van der Waals surface area contributed by atoms with Crippen LogP contribution in [0.15, 0.2) is 54.1 Å². The molecule has 0 aliphatic rings. The molecule has 0 saturated heterocycles. The standard InChI is InChI=1S/C18H10F6N2O2/c19-17(20,21)11-4-6-13(7-5-11)26-16(28)14(9-25)15(27)10-2-1-3-12(8-10)18(22,23)24/h1-8,27H,(H,26,28)/b15-14-. The minimum Gasteiger partial charge on any atom is -0.506 e. The summed E-state index contributed by atoms with van der Waals surface area (Å²) in [7, 11) is 0. The lowest BCUT2D eigenvalue weighted by molar-refractivity contribution is -0.138. The topological polar surface area (TPSA) is 73.1 Å². The Balaban J connectivity index is 2.31. The molecule has 28 heavy (non-hydrogen) atoms. The van der Waals surface area contributed by atoms with Crippen molar-refractivity contribution in [2.75, 3.05) is 5.32 Å². The maximum atomic E-state index is 12.8. The van der Waals surface area contributed by atoms with E-state index in [1.54, 1.807) is 0 Å². The van der Waals surface area contributed by atoms with Gasteiger partial charge in [0, 0.05) is 11.3 Å². The monoisotopic (exact) mass is 400 g/mol. The van der Waals surface area contributed by atoms with E-state index in [9.17, 15) is 36.2 Å². The Bertz CT molecular complexity index is 954. The van der Waals surface area contributed by atoms with Gasteiger partial charge in [-0.15, -0.1) is 0 Å². The number of nitriles is 1. The molecular weight excluding hydrogens is 390 g/mol. The third-order valence-corrected chi connectivity index (χ3v) is 3.51. The number of benzene rings is 2. The van der Waals surface area contributed by atoms with Crippen LogP contribution < -0.4 is 5.32 Å². The molecule has 0 atom stereocenters. The number of halogens is 6. The lowest BCUT2D eigenvalue weighted by Gasteiger charge is -2.10. The number of hydrogen-bond acceptors (Lipinski definition) is 3. The number of carbonyl (C=O) groups excluding carboxylic acids is 1. The van der Waals surface area contributed by atoms with Gasteiger partial charge in [-0.25, -0.2) is 0 Å². The molecular formula is C18H10F6N2O2. The van der Waals surface area contributed by atoms with E-state index < -0.39 is 46.3 Å². The van der Waals surface area contributed by atoms with E-state index in [0.29, 0.717) is 18.2 Å². The van der Waals surface area contributed by atoms with Crippen molar-refractivity contribution >= 4 is 17.4 Å². The van der Waals surface area contributed by atoms with Crippen LogP contribution in [-0.4, -0.2) is 11.0 Å². The molecule has 2 N–H and O–H groups in total. The predicted molar refractivity (Wildman–Crippen MR) is 86.7 cm³/mol. The molecule has 0 aromatic heterocycles. The summed E-state index contributed by atoms with van der Waals surface area (Å²) < 4.78 is 75.8. The summed E-state index contributed by atoms with van der Waals surface area (Å²) in [5.41, 5.74) is -3.50. The quantitative estimate of drug-likeness (QED) is 0.324. The highest BCUT2D eigenvalue weighted by molar-refractivity contribution is 6.10. The van der Waals surface area contributed by atoms with Crippen LogP contribution in [0.5, 0.6) is 0 Å². The number of nitrogens with one attached hydrogen (secondary N) is 1. The van der Waals surface area contributed by atoms with Crippen molar-refractivity contribution in [1.29, 1.82) is 5.26 Å². The number of amides is 1. The van der Waals surface area contributed by atoms with E-state index in [1.165, 1.54) is 6.07 Å². The smallest absolute Gasteiger partial charge is 0.416 e. The van der Waals surface area contributed by atoms with Gasteiger partial charge in [0.05, 0.1) is 11.1 Å². The van der Waals surface area contributed by atoms with Gasteiger partial charge in [-0.2, -0.15) is 31.6 Å². The Labute approximate surface area is 154 Å². The number of rotatable bonds is 3. The van der Waals surface area contributed by atoms with E-state index in [0.717, 1.165) is 30.3 Å². The summed E-state index contributed by atoms with van der Waals surface area (Å²) in [6.07, 6.45) is -9.28. The van der Waals surface area contributed by atoms with Crippen LogP contribution >= 0.6 is 0 Å². The fraction of sp³-hybridized carbons (Fsp3) is 0.111. The molecule has 10 heteroatoms. The molecule has 1 amide bonds. The molecule has 2 aromatic carbocycles. The molecule has 4 nitrogen and oxygen atoms in total. The Morgan fingerprint density at radius 2 is 1.50 bits per heavy atom. The first-order valence-electron chi connectivity index (χ1n) is 7.43. The Hall–Kier alpha value is -3.48. The van der Waals surface area contributed by atoms with Crippen LogP contribution in [0.4, 0.5) is 32.0 Å². The maximum absolute atomic E-state index is 12.8. The molecule has 0 radical (unpaired) electrons. The lowest BCUT2D eigenvalue weighted by atomic mass is 10.1. The summed E-state index contributed by atoms with van der Waals surface area (Å²) in [4.78, 5) is 12.1. The zero-order valence-electron chi connectivity index (χ0n) is 13.7. The van der Waals surface area contributed by atoms with E-state index in [-0.39, 0.29) is 5.69 Å². The average Bonchev–Trinajstić information content (AvgIpc) is 2.61. The number of alkyl halides is 6. The van der Waals surface area contributed by atoms with Crippen molar-refractivity contribution in [1.82, 2.24) is 0 Å². The Morgan fingerprint density at radius 1 is 0.929 bits per heavy atom. The van der Waals surface area contributed by atoms with Gasteiger partial charge in [0.15, 0.2) is 5.57 Å². The third kappa shape index (κ3) is 4.82. The van der Waals surface area contributed by atoms with Crippen LogP contribution in [0.2, 0.25) is 0 Å². The van der Waals surface area contributed by atoms with Crippen molar-refractivity contribution < 1.29 is 36.2 Å². The molecule has 0 unspecified atom stereocenters. The van der Waals surface area contributed by atoms with Crippen LogP contribution in [0.1, 0.15) is 16.7 Å². The van der Waals surface area contributed by atoms with Crippen molar-refractivity contribution in [3.05, 3.63) is 70.8 Å².